The highest BCUT2D eigenvalue weighted by Gasteiger charge is 2.31. The monoisotopic (exact) mass is 380 g/mol. The van der Waals surface area contributed by atoms with Gasteiger partial charge in [0.15, 0.2) is 0 Å². The molecule has 2 aromatic rings. The fourth-order valence-corrected chi connectivity index (χ4v) is 5.08. The third-order valence-corrected chi connectivity index (χ3v) is 7.33. The number of sulfonamides is 1. The molecule has 9 heteroatoms. The van der Waals surface area contributed by atoms with Crippen LogP contribution in [-0.4, -0.2) is 41.9 Å². The number of aromatic nitrogens is 2. The Kier molecular flexibility index (Phi) is 5.16. The molecule has 134 valence electrons. The molecule has 0 radical (unpaired) electrons. The Balaban J connectivity index is 1.71. The van der Waals surface area contributed by atoms with Crippen molar-refractivity contribution in [1.29, 1.82) is 0 Å². The van der Waals surface area contributed by atoms with Crippen LogP contribution in [0.3, 0.4) is 0 Å². The molecule has 0 spiro atoms. The summed E-state index contributed by atoms with van der Waals surface area (Å²) in [4.78, 5) is 12.2. The molecule has 0 unspecified atom stereocenters. The third kappa shape index (κ3) is 4.05. The Bertz CT molecular complexity index is 854. The maximum absolute atomic E-state index is 12.6. The summed E-state index contributed by atoms with van der Waals surface area (Å²) in [5.74, 6) is 0.192. The predicted octanol–water partition coefficient (Wildman–Crippen LogP) is 2.52. The van der Waals surface area contributed by atoms with E-state index in [-0.39, 0.29) is 15.4 Å². The van der Waals surface area contributed by atoms with E-state index >= 15 is 0 Å². The lowest BCUT2D eigenvalue weighted by Gasteiger charge is -2.28. The molecule has 1 amide bonds. The molecule has 25 heavy (non-hydrogen) atoms. The number of aryl methyl sites for hydroxylation is 1. The van der Waals surface area contributed by atoms with Crippen LogP contribution in [0.2, 0.25) is 0 Å². The van der Waals surface area contributed by atoms with Crippen molar-refractivity contribution >= 4 is 32.4 Å². The van der Waals surface area contributed by atoms with Gasteiger partial charge in [0.1, 0.15) is 0 Å². The van der Waals surface area contributed by atoms with E-state index < -0.39 is 10.0 Å². The normalized spacial score (nSPS) is 16.7. The minimum atomic E-state index is -3.64. The molecule has 0 bridgehead atoms. The van der Waals surface area contributed by atoms with E-state index in [0.29, 0.717) is 24.6 Å². The van der Waals surface area contributed by atoms with Crippen molar-refractivity contribution in [2.75, 3.05) is 18.4 Å². The molecule has 1 saturated heterocycles. The fourth-order valence-electron chi connectivity index (χ4n) is 2.57. The lowest BCUT2D eigenvalue weighted by atomic mass is 10.0. The molecule has 1 N–H and O–H groups in total. The zero-order valence-electron chi connectivity index (χ0n) is 14.1. The zero-order chi connectivity index (χ0) is 18.0. The molecular weight excluding hydrogens is 360 g/mol. The summed E-state index contributed by atoms with van der Waals surface area (Å²) in [5.41, 5.74) is 1.53. The van der Waals surface area contributed by atoms with Gasteiger partial charge in [-0.15, -0.1) is 10.2 Å². The Morgan fingerprint density at radius 2 is 1.84 bits per heavy atom. The molecule has 1 aromatic carbocycles. The molecule has 1 aromatic heterocycles. The maximum atomic E-state index is 12.6. The largest absolute Gasteiger partial charge is 0.296 e. The van der Waals surface area contributed by atoms with Crippen LogP contribution in [0.5, 0.6) is 0 Å². The number of hydrogen-bond donors (Lipinski definition) is 1. The van der Waals surface area contributed by atoms with Gasteiger partial charge >= 0.3 is 0 Å². The van der Waals surface area contributed by atoms with E-state index in [9.17, 15) is 13.2 Å². The van der Waals surface area contributed by atoms with E-state index in [4.69, 9.17) is 0 Å². The Labute approximate surface area is 151 Å². The summed E-state index contributed by atoms with van der Waals surface area (Å²) in [7, 11) is -3.64. The summed E-state index contributed by atoms with van der Waals surface area (Å²) in [6, 6.07) is 7.08. The molecule has 7 nitrogen and oxygen atoms in total. The highest BCUT2D eigenvalue weighted by molar-refractivity contribution is 7.91. The SMILES string of the molecule is Cc1ccc(C(=O)Nc2nnc(S(=O)(=O)N3CCC(C)CC3)s2)cc1. The van der Waals surface area contributed by atoms with Gasteiger partial charge in [0.05, 0.1) is 0 Å². The van der Waals surface area contributed by atoms with E-state index in [2.05, 4.69) is 22.4 Å². The van der Waals surface area contributed by atoms with Crippen molar-refractivity contribution in [3.63, 3.8) is 0 Å². The molecule has 1 aliphatic rings. The second kappa shape index (κ2) is 7.19. The number of carbonyl (C=O) groups excluding carboxylic acids is 1. The van der Waals surface area contributed by atoms with Crippen LogP contribution < -0.4 is 5.32 Å². The summed E-state index contributed by atoms with van der Waals surface area (Å²) in [6.07, 6.45) is 1.68. The summed E-state index contributed by atoms with van der Waals surface area (Å²) >= 11 is 0.877. The molecular formula is C16H20N4O3S2. The van der Waals surface area contributed by atoms with Gasteiger partial charge in [-0.25, -0.2) is 8.42 Å². The van der Waals surface area contributed by atoms with Crippen molar-refractivity contribution in [2.45, 2.75) is 31.0 Å². The van der Waals surface area contributed by atoms with Crippen LogP contribution in [0.1, 0.15) is 35.7 Å². The zero-order valence-corrected chi connectivity index (χ0v) is 15.7. The van der Waals surface area contributed by atoms with Crippen molar-refractivity contribution < 1.29 is 13.2 Å². The standard InChI is InChI=1S/C16H20N4O3S2/c1-11-3-5-13(6-4-11)14(21)17-15-18-19-16(24-15)25(22,23)20-9-7-12(2)8-10-20/h3-6,12H,7-10H2,1-2H3,(H,17,18,21). The van der Waals surface area contributed by atoms with Gasteiger partial charge < -0.3 is 0 Å². The van der Waals surface area contributed by atoms with Gasteiger partial charge in [-0.05, 0) is 37.8 Å². The summed E-state index contributed by atoms with van der Waals surface area (Å²) < 4.78 is 26.6. The smallest absolute Gasteiger partial charge is 0.272 e. The van der Waals surface area contributed by atoms with Crippen molar-refractivity contribution in [3.8, 4) is 0 Å². The summed E-state index contributed by atoms with van der Waals surface area (Å²) in [6.45, 7) is 5.04. The third-order valence-electron chi connectivity index (χ3n) is 4.24. The van der Waals surface area contributed by atoms with E-state index in [1.54, 1.807) is 12.1 Å². The van der Waals surface area contributed by atoms with E-state index in [0.717, 1.165) is 29.7 Å². The topological polar surface area (TPSA) is 92.3 Å². The molecule has 0 atom stereocenters. The summed E-state index contributed by atoms with van der Waals surface area (Å²) in [5, 5.41) is 10.4. The first-order valence-electron chi connectivity index (χ1n) is 8.08. The highest BCUT2D eigenvalue weighted by Crippen LogP contribution is 2.27. The Hall–Kier alpha value is -1.84. The number of benzene rings is 1. The first-order valence-corrected chi connectivity index (χ1v) is 10.3. The molecule has 1 fully saturated rings. The van der Waals surface area contributed by atoms with Gasteiger partial charge in [-0.1, -0.05) is 36.0 Å². The van der Waals surface area contributed by atoms with Gasteiger partial charge in [-0.2, -0.15) is 4.31 Å². The number of rotatable bonds is 4. The minimum absolute atomic E-state index is 0.0822. The molecule has 0 aliphatic carbocycles. The predicted molar refractivity (Wildman–Crippen MR) is 96.2 cm³/mol. The van der Waals surface area contributed by atoms with Gasteiger partial charge in [0.2, 0.25) is 9.47 Å². The fraction of sp³-hybridized carbons (Fsp3) is 0.438. The minimum Gasteiger partial charge on any atom is -0.296 e. The van der Waals surface area contributed by atoms with Gasteiger partial charge in [0, 0.05) is 18.7 Å². The van der Waals surface area contributed by atoms with Crippen molar-refractivity contribution in [3.05, 3.63) is 35.4 Å². The van der Waals surface area contributed by atoms with Crippen LogP contribution in [0.15, 0.2) is 28.6 Å². The van der Waals surface area contributed by atoms with Crippen molar-refractivity contribution in [1.82, 2.24) is 14.5 Å². The van der Waals surface area contributed by atoms with Crippen LogP contribution in [0.25, 0.3) is 0 Å². The van der Waals surface area contributed by atoms with Crippen LogP contribution in [0, 0.1) is 12.8 Å². The Morgan fingerprint density at radius 1 is 1.20 bits per heavy atom. The average Bonchev–Trinajstić information content (AvgIpc) is 3.05. The van der Waals surface area contributed by atoms with Gasteiger partial charge in [0.25, 0.3) is 15.9 Å². The first kappa shape index (κ1) is 18.0. The van der Waals surface area contributed by atoms with E-state index in [1.807, 2.05) is 19.1 Å². The van der Waals surface area contributed by atoms with Crippen LogP contribution in [-0.2, 0) is 10.0 Å². The van der Waals surface area contributed by atoms with Crippen molar-refractivity contribution in [2.24, 2.45) is 5.92 Å². The Morgan fingerprint density at radius 3 is 2.48 bits per heavy atom. The number of nitrogens with zero attached hydrogens (tertiary/aromatic N) is 3. The number of amides is 1. The first-order chi connectivity index (χ1) is 11.9. The van der Waals surface area contributed by atoms with Crippen LogP contribution in [0.4, 0.5) is 5.13 Å². The lowest BCUT2D eigenvalue weighted by Crippen LogP contribution is -2.37. The molecule has 1 aliphatic heterocycles. The molecule has 2 heterocycles. The number of nitrogens with one attached hydrogen (secondary N) is 1. The number of hydrogen-bond acceptors (Lipinski definition) is 6. The van der Waals surface area contributed by atoms with Crippen LogP contribution >= 0.6 is 11.3 Å². The molecule has 0 saturated carbocycles. The number of anilines is 1. The quantitative estimate of drug-likeness (QED) is 0.823. The number of piperidine rings is 1. The average molecular weight is 380 g/mol. The molecule has 3 rings (SSSR count). The highest BCUT2D eigenvalue weighted by atomic mass is 32.2. The second-order valence-corrected chi connectivity index (χ2v) is 9.37. The maximum Gasteiger partial charge on any atom is 0.272 e. The second-order valence-electron chi connectivity index (χ2n) is 6.28. The van der Waals surface area contributed by atoms with E-state index in [1.165, 1.54) is 4.31 Å². The van der Waals surface area contributed by atoms with Gasteiger partial charge in [-0.3, -0.25) is 10.1 Å². The number of carbonyl (C=O) groups is 1. The lowest BCUT2D eigenvalue weighted by molar-refractivity contribution is 0.102.